The third-order valence-corrected chi connectivity index (χ3v) is 5.30. The Morgan fingerprint density at radius 2 is 1.67 bits per heavy atom. The largest absolute Gasteiger partial charge is 0.457 e. The first-order valence-corrected chi connectivity index (χ1v) is 10.3. The summed E-state index contributed by atoms with van der Waals surface area (Å²) >= 11 is 0. The molecule has 0 radical (unpaired) electrons. The van der Waals surface area contributed by atoms with Crippen molar-refractivity contribution < 1.29 is 13.9 Å². The molecule has 4 rings (SSSR count). The number of rotatable bonds is 6. The highest BCUT2D eigenvalue weighted by Gasteiger charge is 2.25. The molecule has 1 atom stereocenters. The molecule has 0 unspecified atom stereocenters. The van der Waals surface area contributed by atoms with Gasteiger partial charge in [-0.05, 0) is 73.5 Å². The van der Waals surface area contributed by atoms with Crippen LogP contribution in [-0.4, -0.2) is 23.9 Å². The van der Waals surface area contributed by atoms with Gasteiger partial charge in [-0.1, -0.05) is 30.3 Å². The molecule has 4 nitrogen and oxygen atoms in total. The van der Waals surface area contributed by atoms with Gasteiger partial charge in [-0.2, -0.15) is 0 Å². The lowest BCUT2D eigenvalue weighted by Gasteiger charge is -2.32. The molecule has 1 aliphatic rings. The number of halogens is 1. The second-order valence-electron chi connectivity index (χ2n) is 7.63. The summed E-state index contributed by atoms with van der Waals surface area (Å²) in [5.41, 5.74) is 1.82. The summed E-state index contributed by atoms with van der Waals surface area (Å²) < 4.78 is 18.9. The van der Waals surface area contributed by atoms with Crippen molar-refractivity contribution in [3.8, 4) is 11.5 Å². The summed E-state index contributed by atoms with van der Waals surface area (Å²) in [6.45, 7) is 2.39. The van der Waals surface area contributed by atoms with E-state index in [1.165, 1.54) is 12.1 Å². The van der Waals surface area contributed by atoms with Crippen LogP contribution in [0.1, 0.15) is 18.4 Å². The molecule has 0 aromatic heterocycles. The van der Waals surface area contributed by atoms with Crippen molar-refractivity contribution in [2.24, 2.45) is 5.92 Å². The fourth-order valence-corrected chi connectivity index (χ4v) is 3.74. The van der Waals surface area contributed by atoms with Crippen LogP contribution in [0.15, 0.2) is 78.9 Å². The topological polar surface area (TPSA) is 41.6 Å². The van der Waals surface area contributed by atoms with Crippen molar-refractivity contribution in [3.63, 3.8) is 0 Å². The number of anilines is 1. The van der Waals surface area contributed by atoms with Crippen molar-refractivity contribution in [3.05, 3.63) is 90.2 Å². The minimum atomic E-state index is -0.227. The van der Waals surface area contributed by atoms with Crippen LogP contribution < -0.4 is 10.1 Å². The minimum Gasteiger partial charge on any atom is -0.457 e. The Balaban J connectivity index is 1.31. The van der Waals surface area contributed by atoms with Crippen molar-refractivity contribution >= 4 is 11.6 Å². The van der Waals surface area contributed by atoms with Gasteiger partial charge in [-0.3, -0.25) is 9.69 Å². The first-order valence-electron chi connectivity index (χ1n) is 10.3. The minimum absolute atomic E-state index is 0.0375. The van der Waals surface area contributed by atoms with Crippen molar-refractivity contribution in [2.45, 2.75) is 19.4 Å². The normalized spacial score (nSPS) is 16.8. The van der Waals surface area contributed by atoms with Gasteiger partial charge in [-0.15, -0.1) is 0 Å². The second kappa shape index (κ2) is 9.55. The summed E-state index contributed by atoms with van der Waals surface area (Å²) in [6.07, 6.45) is 1.85. The van der Waals surface area contributed by atoms with Crippen LogP contribution in [0.5, 0.6) is 11.5 Å². The number of hydrogen-bond donors (Lipinski definition) is 1. The van der Waals surface area contributed by atoms with E-state index in [1.54, 1.807) is 12.1 Å². The van der Waals surface area contributed by atoms with Crippen LogP contribution >= 0.6 is 0 Å². The fourth-order valence-electron chi connectivity index (χ4n) is 3.74. The zero-order valence-electron chi connectivity index (χ0n) is 16.8. The van der Waals surface area contributed by atoms with Crippen LogP contribution in [0.3, 0.4) is 0 Å². The van der Waals surface area contributed by atoms with Gasteiger partial charge in [0.1, 0.15) is 17.3 Å². The molecule has 1 aliphatic heterocycles. The lowest BCUT2D eigenvalue weighted by Crippen LogP contribution is -2.40. The summed E-state index contributed by atoms with van der Waals surface area (Å²) in [7, 11) is 0. The van der Waals surface area contributed by atoms with Gasteiger partial charge in [0, 0.05) is 18.8 Å². The molecule has 3 aromatic rings. The van der Waals surface area contributed by atoms with Gasteiger partial charge >= 0.3 is 0 Å². The average Bonchev–Trinajstić information content (AvgIpc) is 2.78. The lowest BCUT2D eigenvalue weighted by molar-refractivity contribution is -0.121. The van der Waals surface area contributed by atoms with E-state index in [0.29, 0.717) is 6.54 Å². The zero-order valence-corrected chi connectivity index (χ0v) is 16.8. The maximum atomic E-state index is 13.1. The first kappa shape index (κ1) is 20.1. The van der Waals surface area contributed by atoms with Crippen molar-refractivity contribution in [1.82, 2.24) is 4.90 Å². The van der Waals surface area contributed by atoms with Gasteiger partial charge in [-0.25, -0.2) is 4.39 Å². The van der Waals surface area contributed by atoms with E-state index >= 15 is 0 Å². The number of para-hydroxylation sites is 1. The Kier molecular flexibility index (Phi) is 6.40. The van der Waals surface area contributed by atoms with Crippen molar-refractivity contribution in [1.29, 1.82) is 0 Å². The van der Waals surface area contributed by atoms with Gasteiger partial charge in [0.05, 0.1) is 5.92 Å². The Morgan fingerprint density at radius 1 is 0.967 bits per heavy atom. The van der Waals surface area contributed by atoms with E-state index in [4.69, 9.17) is 4.74 Å². The maximum Gasteiger partial charge on any atom is 0.228 e. The second-order valence-corrected chi connectivity index (χ2v) is 7.63. The highest BCUT2D eigenvalue weighted by atomic mass is 19.1. The number of carbonyl (C=O) groups is 1. The molecule has 1 saturated heterocycles. The molecule has 1 amide bonds. The monoisotopic (exact) mass is 404 g/mol. The smallest absolute Gasteiger partial charge is 0.228 e. The van der Waals surface area contributed by atoms with Gasteiger partial charge in [0.25, 0.3) is 0 Å². The number of amides is 1. The molecule has 0 aliphatic carbocycles. The zero-order chi connectivity index (χ0) is 20.8. The molecule has 0 bridgehead atoms. The molecule has 3 aromatic carbocycles. The van der Waals surface area contributed by atoms with Crippen LogP contribution in [0.4, 0.5) is 10.1 Å². The number of nitrogens with one attached hydrogen (secondary N) is 1. The van der Waals surface area contributed by atoms with Crippen LogP contribution in [-0.2, 0) is 11.3 Å². The summed E-state index contributed by atoms with van der Waals surface area (Å²) in [5.74, 6) is 1.25. The molecular weight excluding hydrogens is 379 g/mol. The third kappa shape index (κ3) is 5.45. The Hall–Kier alpha value is -3.18. The standard InChI is InChI=1S/C25H25FN2O2/c26-21-10-8-19(9-11-21)17-28-16-4-5-20(18-28)25(29)27-22-12-14-24(15-13-22)30-23-6-2-1-3-7-23/h1-3,6-15,20H,4-5,16-18H2,(H,27,29)/t20-/m1/s1. The number of nitrogens with zero attached hydrogens (tertiary/aromatic N) is 1. The SMILES string of the molecule is O=C(Nc1ccc(Oc2ccccc2)cc1)[C@@H]1CCCN(Cc2ccc(F)cc2)C1. The number of carbonyl (C=O) groups excluding carboxylic acids is 1. The van der Waals surface area contributed by atoms with E-state index in [1.807, 2.05) is 54.6 Å². The molecule has 1 N–H and O–H groups in total. The number of hydrogen-bond acceptors (Lipinski definition) is 3. The molecule has 0 spiro atoms. The fraction of sp³-hybridized carbons (Fsp3) is 0.240. The van der Waals surface area contributed by atoms with Gasteiger partial charge in [0.2, 0.25) is 5.91 Å². The first-order chi connectivity index (χ1) is 14.7. The van der Waals surface area contributed by atoms with E-state index < -0.39 is 0 Å². The number of ether oxygens (including phenoxy) is 1. The Bertz CT molecular complexity index is 959. The Labute approximate surface area is 176 Å². The molecule has 1 heterocycles. The third-order valence-electron chi connectivity index (χ3n) is 5.30. The highest BCUT2D eigenvalue weighted by molar-refractivity contribution is 5.92. The maximum absolute atomic E-state index is 13.1. The molecule has 0 saturated carbocycles. The molecule has 5 heteroatoms. The quantitative estimate of drug-likeness (QED) is 0.592. The predicted octanol–water partition coefficient (Wildman–Crippen LogP) is 5.47. The van der Waals surface area contributed by atoms with E-state index in [9.17, 15) is 9.18 Å². The molecule has 30 heavy (non-hydrogen) atoms. The number of benzene rings is 3. The molecular formula is C25H25FN2O2. The summed E-state index contributed by atoms with van der Waals surface area (Å²) in [6, 6.07) is 23.6. The predicted molar refractivity (Wildman–Crippen MR) is 116 cm³/mol. The van der Waals surface area contributed by atoms with Gasteiger partial charge in [0.15, 0.2) is 0 Å². The van der Waals surface area contributed by atoms with Crippen LogP contribution in [0, 0.1) is 11.7 Å². The summed E-state index contributed by atoms with van der Waals surface area (Å²) in [4.78, 5) is 15.0. The molecule has 154 valence electrons. The van der Waals surface area contributed by atoms with Crippen molar-refractivity contribution in [2.75, 3.05) is 18.4 Å². The van der Waals surface area contributed by atoms with E-state index in [-0.39, 0.29) is 17.6 Å². The van der Waals surface area contributed by atoms with Crippen LogP contribution in [0.25, 0.3) is 0 Å². The van der Waals surface area contributed by atoms with E-state index in [0.717, 1.165) is 48.7 Å². The highest BCUT2D eigenvalue weighted by Crippen LogP contribution is 2.24. The lowest BCUT2D eigenvalue weighted by atomic mass is 9.96. The average molecular weight is 404 g/mol. The van der Waals surface area contributed by atoms with Crippen LogP contribution in [0.2, 0.25) is 0 Å². The number of piperidine rings is 1. The number of likely N-dealkylation sites (tertiary alicyclic amines) is 1. The summed E-state index contributed by atoms with van der Waals surface area (Å²) in [5, 5.41) is 3.02. The molecule has 1 fully saturated rings. The Morgan fingerprint density at radius 3 is 2.40 bits per heavy atom. The van der Waals surface area contributed by atoms with Gasteiger partial charge < -0.3 is 10.1 Å². The van der Waals surface area contributed by atoms with E-state index in [2.05, 4.69) is 10.2 Å².